The maximum Gasteiger partial charge on any atom is 0.206 e. The lowest BCUT2D eigenvalue weighted by molar-refractivity contribution is -0.0393. The van der Waals surface area contributed by atoms with Gasteiger partial charge in [-0.05, 0) is 57.7 Å². The summed E-state index contributed by atoms with van der Waals surface area (Å²) in [6, 6.07) is 11.7. The molecule has 0 atom stereocenters. The summed E-state index contributed by atoms with van der Waals surface area (Å²) in [6.07, 6.45) is 3.48. The van der Waals surface area contributed by atoms with Crippen molar-refractivity contribution in [2.45, 2.75) is 80.1 Å². The van der Waals surface area contributed by atoms with Crippen molar-refractivity contribution in [1.29, 1.82) is 0 Å². The van der Waals surface area contributed by atoms with Crippen molar-refractivity contribution < 1.29 is 18.3 Å². The number of aliphatic hydroxyl groups excluding tert-OH is 1. The fourth-order valence-electron chi connectivity index (χ4n) is 4.48. The quantitative estimate of drug-likeness (QED) is 0.435. The van der Waals surface area contributed by atoms with Crippen molar-refractivity contribution in [3.8, 4) is 0 Å². The number of sulfone groups is 1. The highest BCUT2D eigenvalue weighted by molar-refractivity contribution is 7.91. The summed E-state index contributed by atoms with van der Waals surface area (Å²) in [6.45, 7) is 4.60. The van der Waals surface area contributed by atoms with Gasteiger partial charge in [0.1, 0.15) is 11.6 Å². The van der Waals surface area contributed by atoms with E-state index in [-0.39, 0.29) is 27.5 Å². The minimum Gasteiger partial charge on any atom is -0.393 e. The largest absolute Gasteiger partial charge is 0.393 e. The van der Waals surface area contributed by atoms with Crippen LogP contribution in [0.5, 0.6) is 0 Å². The van der Waals surface area contributed by atoms with E-state index in [9.17, 15) is 13.5 Å². The van der Waals surface area contributed by atoms with Gasteiger partial charge in [-0.15, -0.1) is 0 Å². The highest BCUT2D eigenvalue weighted by Crippen LogP contribution is 2.35. The van der Waals surface area contributed by atoms with Gasteiger partial charge in [0.25, 0.3) is 0 Å². The van der Waals surface area contributed by atoms with Crippen molar-refractivity contribution in [2.75, 3.05) is 10.6 Å². The number of hydrogen-bond acceptors (Lipinski definition) is 9. The lowest BCUT2D eigenvalue weighted by Crippen LogP contribution is -2.31. The molecule has 0 unspecified atom stereocenters. The van der Waals surface area contributed by atoms with Crippen LogP contribution in [0.3, 0.4) is 0 Å². The summed E-state index contributed by atoms with van der Waals surface area (Å²) in [7, 11) is -3.74. The van der Waals surface area contributed by atoms with E-state index in [1.54, 1.807) is 42.5 Å². The predicted molar refractivity (Wildman–Crippen MR) is 136 cm³/mol. The molecule has 2 aliphatic rings. The van der Waals surface area contributed by atoms with Gasteiger partial charge in [-0.1, -0.05) is 29.5 Å². The van der Waals surface area contributed by atoms with Gasteiger partial charge in [0, 0.05) is 18.5 Å². The summed E-state index contributed by atoms with van der Waals surface area (Å²) in [5.41, 5.74) is 0.742. The number of aliphatic hydroxyl groups is 1. The summed E-state index contributed by atoms with van der Waals surface area (Å²) in [5.74, 6) is 0.892. The van der Waals surface area contributed by atoms with Crippen LogP contribution in [-0.4, -0.2) is 41.2 Å². The number of nitrogens with one attached hydrogen (secondary N) is 2. The number of benzene rings is 1. The number of hydrogen-bond donors (Lipinski definition) is 3. The normalized spacial score (nSPS) is 21.8. The molecule has 1 aromatic carbocycles. The summed E-state index contributed by atoms with van der Waals surface area (Å²) >= 11 is 1.50. The maximum absolute atomic E-state index is 13.4. The molecule has 0 radical (unpaired) electrons. The Morgan fingerprint density at radius 1 is 1.03 bits per heavy atom. The monoisotopic (exact) mass is 514 g/mol. The van der Waals surface area contributed by atoms with Gasteiger partial charge in [0.2, 0.25) is 9.84 Å². The first kappa shape index (κ1) is 24.2. The molecule has 3 N–H and O–H groups in total. The fourth-order valence-corrected chi connectivity index (χ4v) is 6.70. The smallest absolute Gasteiger partial charge is 0.206 e. The number of nitrogens with zero attached hydrogens (tertiary/aromatic N) is 2. The van der Waals surface area contributed by atoms with Crippen LogP contribution in [0.25, 0.3) is 0 Å². The molecule has 8 nitrogen and oxygen atoms in total. The van der Waals surface area contributed by atoms with Crippen LogP contribution in [0.2, 0.25) is 0 Å². The average Bonchev–Trinajstić information content (AvgIpc) is 3.21. The Morgan fingerprint density at radius 3 is 2.49 bits per heavy atom. The molecule has 0 spiro atoms. The van der Waals surface area contributed by atoms with Crippen molar-refractivity contribution >= 4 is 37.9 Å². The third-order valence-electron chi connectivity index (χ3n) is 6.41. The molecule has 1 fully saturated rings. The van der Waals surface area contributed by atoms with Crippen LogP contribution in [0, 0.1) is 0 Å². The molecule has 3 aromatic rings. The maximum atomic E-state index is 13.4. The van der Waals surface area contributed by atoms with Crippen LogP contribution in [0.1, 0.15) is 50.1 Å². The van der Waals surface area contributed by atoms with Gasteiger partial charge in [-0.2, -0.15) is 0 Å². The molecule has 0 saturated heterocycles. The minimum absolute atomic E-state index is 0.125. The minimum atomic E-state index is -3.74. The lowest BCUT2D eigenvalue weighted by atomic mass is 9.93. The lowest BCUT2D eigenvalue weighted by Gasteiger charge is -2.28. The van der Waals surface area contributed by atoms with Crippen molar-refractivity contribution in [3.63, 3.8) is 0 Å². The third kappa shape index (κ3) is 5.50. The van der Waals surface area contributed by atoms with Crippen LogP contribution >= 0.6 is 11.3 Å². The predicted octanol–water partition coefficient (Wildman–Crippen LogP) is 4.68. The van der Waals surface area contributed by atoms with Gasteiger partial charge in [-0.25, -0.2) is 18.4 Å². The zero-order chi connectivity index (χ0) is 24.6. The second-order valence-corrected chi connectivity index (χ2v) is 12.8. The highest BCUT2D eigenvalue weighted by Gasteiger charge is 2.29. The van der Waals surface area contributed by atoms with Gasteiger partial charge in [0.15, 0.2) is 5.13 Å². The van der Waals surface area contributed by atoms with E-state index in [2.05, 4.69) is 15.6 Å². The summed E-state index contributed by atoms with van der Waals surface area (Å²) in [5, 5.41) is 17.1. The Morgan fingerprint density at radius 2 is 1.74 bits per heavy atom. The van der Waals surface area contributed by atoms with Crippen LogP contribution in [-0.2, 0) is 27.6 Å². The van der Waals surface area contributed by atoms with E-state index < -0.39 is 9.84 Å². The zero-order valence-corrected chi connectivity index (χ0v) is 21.5. The van der Waals surface area contributed by atoms with Crippen LogP contribution in [0.4, 0.5) is 16.8 Å². The topological polar surface area (TPSA) is 113 Å². The summed E-state index contributed by atoms with van der Waals surface area (Å²) in [4.78, 5) is 10.9. The van der Waals surface area contributed by atoms with Gasteiger partial charge < -0.3 is 20.5 Å². The Labute approximate surface area is 209 Å². The standard InChI is InChI=1S/C25H30N4O4S2/c1-25(2)14-20-21(15-33-25)34-24(27-20)29-23-13-19(35(31,32)18-6-4-3-5-7-18)12-22(28-23)26-16-8-10-17(30)11-9-16/h3-7,12-13,16-17,30H,8-11,14-15H2,1-2H3,(H2,26,27,28,29)/t16-,17-. The number of fused-ring (bicyclic) bond motifs is 1. The van der Waals surface area contributed by atoms with E-state index in [4.69, 9.17) is 9.72 Å². The van der Waals surface area contributed by atoms with Gasteiger partial charge in [0.05, 0.1) is 38.7 Å². The molecule has 1 aliphatic heterocycles. The van der Waals surface area contributed by atoms with E-state index in [1.165, 1.54) is 11.3 Å². The number of anilines is 3. The molecule has 186 valence electrons. The molecular formula is C25H30N4O4S2. The SMILES string of the molecule is CC1(C)Cc2nc(Nc3cc(S(=O)(=O)c4ccccc4)cc(N[C@H]4CC[C@H](O)CC4)n3)sc2CO1. The Bertz CT molecular complexity index is 1300. The van der Waals surface area contributed by atoms with Crippen LogP contribution in [0.15, 0.2) is 52.3 Å². The molecule has 35 heavy (non-hydrogen) atoms. The summed E-state index contributed by atoms with van der Waals surface area (Å²) < 4.78 is 32.7. The first-order valence-corrected chi connectivity index (χ1v) is 14.1. The molecule has 0 amide bonds. The number of aromatic nitrogens is 2. The Balaban J connectivity index is 1.47. The van der Waals surface area contributed by atoms with Crippen molar-refractivity contribution in [2.24, 2.45) is 0 Å². The molecule has 10 heteroatoms. The molecule has 1 saturated carbocycles. The number of pyridine rings is 1. The van der Waals surface area contributed by atoms with Crippen LogP contribution < -0.4 is 10.6 Å². The first-order valence-electron chi connectivity index (χ1n) is 11.8. The van der Waals surface area contributed by atoms with E-state index in [0.29, 0.717) is 36.2 Å². The Hall–Kier alpha value is -2.53. The van der Waals surface area contributed by atoms with Gasteiger partial charge in [-0.3, -0.25) is 0 Å². The molecular weight excluding hydrogens is 484 g/mol. The first-order chi connectivity index (χ1) is 16.7. The second kappa shape index (κ2) is 9.50. The van der Waals surface area contributed by atoms with E-state index in [0.717, 1.165) is 29.8 Å². The van der Waals surface area contributed by atoms with E-state index >= 15 is 0 Å². The van der Waals surface area contributed by atoms with E-state index in [1.807, 2.05) is 13.8 Å². The average molecular weight is 515 g/mol. The van der Waals surface area contributed by atoms with Gasteiger partial charge >= 0.3 is 0 Å². The molecule has 3 heterocycles. The second-order valence-electron chi connectivity index (χ2n) is 9.78. The fraction of sp³-hybridized carbons (Fsp3) is 0.440. The molecule has 2 aromatic heterocycles. The Kier molecular flexibility index (Phi) is 6.56. The third-order valence-corrected chi connectivity index (χ3v) is 9.15. The van der Waals surface area contributed by atoms with Crippen molar-refractivity contribution in [3.05, 3.63) is 53.0 Å². The molecule has 1 aliphatic carbocycles. The molecule has 0 bridgehead atoms. The highest BCUT2D eigenvalue weighted by atomic mass is 32.2. The van der Waals surface area contributed by atoms with Crippen molar-refractivity contribution in [1.82, 2.24) is 9.97 Å². The number of thiazole rings is 1. The molecule has 5 rings (SSSR count). The number of ether oxygens (including phenoxy) is 1. The zero-order valence-electron chi connectivity index (χ0n) is 19.8. The number of rotatable bonds is 6.